The number of sulfonamides is 1. The number of aliphatic hydroxyl groups is 5. The van der Waals surface area contributed by atoms with Gasteiger partial charge in [0.15, 0.2) is 0 Å². The average molecular weight is 812 g/mol. The van der Waals surface area contributed by atoms with Gasteiger partial charge in [0.05, 0.1) is 23.2 Å². The van der Waals surface area contributed by atoms with E-state index in [1.54, 1.807) is 0 Å². The van der Waals surface area contributed by atoms with Crippen molar-refractivity contribution < 1.29 is 51.9 Å². The Kier molecular flexibility index (Phi) is 10.4. The van der Waals surface area contributed by atoms with E-state index in [0.29, 0.717) is 25.2 Å². The number of nitrogens with one attached hydrogen (secondary N) is 1. The Bertz CT molecular complexity index is 1800. The molecule has 0 spiro atoms. The average Bonchev–Trinajstić information content (AvgIpc) is 3.11. The Labute approximate surface area is 330 Å². The van der Waals surface area contributed by atoms with Gasteiger partial charge in [0.1, 0.15) is 30.5 Å². The summed E-state index contributed by atoms with van der Waals surface area (Å²) < 4.78 is 75.8. The lowest BCUT2D eigenvalue weighted by molar-refractivity contribution is -0.272. The highest BCUT2D eigenvalue weighted by Crippen LogP contribution is 2.76. The zero-order valence-electron chi connectivity index (χ0n) is 33.9. The van der Waals surface area contributed by atoms with Gasteiger partial charge in [-0.2, -0.15) is 13.2 Å². The molecule has 14 atom stereocenters. The molecule has 0 aromatic heterocycles. The van der Waals surface area contributed by atoms with Crippen molar-refractivity contribution in [2.75, 3.05) is 6.61 Å². The molecule has 6 unspecified atom stereocenters. The number of rotatable bonds is 6. The molecular formula is C43H64F3NO8S. The minimum absolute atomic E-state index is 0.000137. The van der Waals surface area contributed by atoms with Crippen LogP contribution in [-0.4, -0.2) is 83.2 Å². The summed E-state index contributed by atoms with van der Waals surface area (Å²) in [6, 6.07) is 3.28. The van der Waals surface area contributed by atoms with Crippen LogP contribution in [0, 0.1) is 50.2 Å². The quantitative estimate of drug-likeness (QED) is 0.182. The smallest absolute Gasteiger partial charge is 0.394 e. The number of benzene rings is 1. The van der Waals surface area contributed by atoms with Crippen LogP contribution in [-0.2, 0) is 20.9 Å². The maximum atomic E-state index is 13.6. The van der Waals surface area contributed by atoms with E-state index >= 15 is 0 Å². The molecule has 4 saturated carbocycles. The van der Waals surface area contributed by atoms with Crippen LogP contribution in [0.5, 0.6) is 0 Å². The van der Waals surface area contributed by atoms with Crippen LogP contribution < -0.4 is 4.72 Å². The lowest BCUT2D eigenvalue weighted by Crippen LogP contribution is -2.68. The van der Waals surface area contributed by atoms with Crippen molar-refractivity contribution in [2.24, 2.45) is 50.2 Å². The van der Waals surface area contributed by atoms with E-state index in [0.717, 1.165) is 69.2 Å². The van der Waals surface area contributed by atoms with E-state index in [-0.39, 0.29) is 38.4 Å². The van der Waals surface area contributed by atoms with Crippen molar-refractivity contribution in [2.45, 2.75) is 166 Å². The molecule has 5 fully saturated rings. The molecule has 1 aromatic rings. The standard InChI is InChI=1S/C43H64F3NO8S/c1-37(2)18-20-42(36(52)35-34(51)33(50)32(49)28(23-48)55-35)21-19-40(6)26(27(42)22-37)12-13-30-39(5)16-15-31(38(3,4)29(39)14-17-41(30,40)7)47-56(53,54)25-10-8-24(9-11-25)43(44,45)46/h8-12,27-36,47-52H,13-23H2,1-7H3/t27?,28?,29?,30?,31-,32-,33?,34?,35-,36+,39-,40+,41+,42-/m0/s1. The highest BCUT2D eigenvalue weighted by molar-refractivity contribution is 7.89. The zero-order valence-corrected chi connectivity index (χ0v) is 34.8. The molecule has 0 radical (unpaired) electrons. The molecule has 316 valence electrons. The van der Waals surface area contributed by atoms with Crippen molar-refractivity contribution in [3.8, 4) is 0 Å². The maximum Gasteiger partial charge on any atom is 0.416 e. The number of hydrogen-bond acceptors (Lipinski definition) is 8. The highest BCUT2D eigenvalue weighted by Gasteiger charge is 2.70. The van der Waals surface area contributed by atoms with Crippen LogP contribution >= 0.6 is 0 Å². The molecule has 9 nitrogen and oxygen atoms in total. The molecule has 0 amide bonds. The molecule has 0 bridgehead atoms. The van der Waals surface area contributed by atoms with Gasteiger partial charge < -0.3 is 30.3 Å². The summed E-state index contributed by atoms with van der Waals surface area (Å²) in [7, 11) is -4.08. The van der Waals surface area contributed by atoms with Crippen LogP contribution in [0.4, 0.5) is 13.2 Å². The van der Waals surface area contributed by atoms with E-state index in [1.807, 2.05) is 0 Å². The first-order chi connectivity index (χ1) is 25.8. The lowest BCUT2D eigenvalue weighted by Gasteiger charge is -2.72. The number of allylic oxidation sites excluding steroid dienone is 2. The van der Waals surface area contributed by atoms with Gasteiger partial charge in [-0.3, -0.25) is 0 Å². The molecule has 1 aromatic carbocycles. The third-order valence-corrected chi connectivity index (χ3v) is 18.8. The van der Waals surface area contributed by atoms with Gasteiger partial charge >= 0.3 is 6.18 Å². The highest BCUT2D eigenvalue weighted by atomic mass is 32.2. The molecule has 1 aliphatic heterocycles. The largest absolute Gasteiger partial charge is 0.416 e. The van der Waals surface area contributed by atoms with Crippen molar-refractivity contribution in [1.82, 2.24) is 4.72 Å². The van der Waals surface area contributed by atoms with E-state index in [2.05, 4.69) is 59.3 Å². The van der Waals surface area contributed by atoms with Gasteiger partial charge in [-0.15, -0.1) is 0 Å². The first-order valence-electron chi connectivity index (χ1n) is 20.7. The zero-order chi connectivity index (χ0) is 41.2. The van der Waals surface area contributed by atoms with Gasteiger partial charge in [0.25, 0.3) is 0 Å². The first-order valence-corrected chi connectivity index (χ1v) is 22.2. The predicted molar refractivity (Wildman–Crippen MR) is 204 cm³/mol. The second-order valence-corrected chi connectivity index (χ2v) is 22.5. The fourth-order valence-corrected chi connectivity index (χ4v) is 15.2. The third-order valence-electron chi connectivity index (χ3n) is 17.4. The molecule has 56 heavy (non-hydrogen) atoms. The molecular weight excluding hydrogens is 748 g/mol. The van der Waals surface area contributed by atoms with Crippen molar-refractivity contribution >= 4 is 10.0 Å². The van der Waals surface area contributed by atoms with E-state index < -0.39 is 81.9 Å². The van der Waals surface area contributed by atoms with Gasteiger partial charge in [0, 0.05) is 11.5 Å². The second-order valence-electron chi connectivity index (χ2n) is 20.7. The van der Waals surface area contributed by atoms with Gasteiger partial charge in [0.2, 0.25) is 10.0 Å². The first kappa shape index (κ1) is 42.5. The lowest BCUT2D eigenvalue weighted by atomic mass is 9.33. The van der Waals surface area contributed by atoms with Crippen LogP contribution in [0.1, 0.15) is 118 Å². The van der Waals surface area contributed by atoms with Gasteiger partial charge in [-0.05, 0) is 133 Å². The summed E-state index contributed by atoms with van der Waals surface area (Å²) >= 11 is 0. The van der Waals surface area contributed by atoms with E-state index in [4.69, 9.17) is 4.74 Å². The molecule has 7 rings (SSSR count). The van der Waals surface area contributed by atoms with E-state index in [9.17, 15) is 47.1 Å². The normalized spacial score (nSPS) is 45.3. The molecule has 6 N–H and O–H groups in total. The molecule has 13 heteroatoms. The van der Waals surface area contributed by atoms with Gasteiger partial charge in [-0.25, -0.2) is 13.1 Å². The van der Waals surface area contributed by atoms with Crippen LogP contribution in [0.15, 0.2) is 40.8 Å². The Hall–Kier alpha value is -1.58. The fraction of sp³-hybridized carbons (Fsp3) is 0.814. The molecule has 6 aliphatic rings. The Balaban J connectivity index is 1.18. The number of ether oxygens (including phenoxy) is 1. The van der Waals surface area contributed by atoms with Crippen LogP contribution in [0.2, 0.25) is 0 Å². The maximum absolute atomic E-state index is 13.6. The van der Waals surface area contributed by atoms with Crippen molar-refractivity contribution in [1.29, 1.82) is 0 Å². The number of hydrogen-bond donors (Lipinski definition) is 6. The summed E-state index contributed by atoms with van der Waals surface area (Å²) in [5.41, 5.74) is -1.04. The number of aliphatic hydroxyl groups excluding tert-OH is 5. The van der Waals surface area contributed by atoms with E-state index in [1.165, 1.54) is 5.57 Å². The second kappa shape index (κ2) is 13.7. The SMILES string of the molecule is CC1(C)CC[C@]2([C@H](O)[C@H]3OC(CO)[C@H](O)C(O)C3O)CC[C@]3(C)C(=CCC4[C@@]5(C)CC[C@H](NS(=O)(=O)c6ccc(C(F)(F)F)cc6)C(C)(C)C5CC[C@]43C)C2C1. The molecule has 1 saturated heterocycles. The monoisotopic (exact) mass is 811 g/mol. The topological polar surface area (TPSA) is 157 Å². The summed E-state index contributed by atoms with van der Waals surface area (Å²) in [6.45, 7) is 15.5. The van der Waals surface area contributed by atoms with Crippen LogP contribution in [0.25, 0.3) is 0 Å². The molecule has 5 aliphatic carbocycles. The summed E-state index contributed by atoms with van der Waals surface area (Å²) in [6.07, 6.45) is -2.07. The minimum Gasteiger partial charge on any atom is -0.394 e. The number of alkyl halides is 3. The van der Waals surface area contributed by atoms with Gasteiger partial charge in [-0.1, -0.05) is 60.1 Å². The number of fused-ring (bicyclic) bond motifs is 7. The van der Waals surface area contributed by atoms with Crippen LogP contribution in [0.3, 0.4) is 0 Å². The Morgan fingerprint density at radius 2 is 1.50 bits per heavy atom. The van der Waals surface area contributed by atoms with Crippen molar-refractivity contribution in [3.63, 3.8) is 0 Å². The summed E-state index contributed by atoms with van der Waals surface area (Å²) in [4.78, 5) is -0.181. The van der Waals surface area contributed by atoms with Crippen molar-refractivity contribution in [3.05, 3.63) is 41.5 Å². The predicted octanol–water partition coefficient (Wildman–Crippen LogP) is 6.36. The Morgan fingerprint density at radius 3 is 2.12 bits per heavy atom. The fourth-order valence-electron chi connectivity index (χ4n) is 13.8. The minimum atomic E-state index is -4.56. The Morgan fingerprint density at radius 1 is 0.857 bits per heavy atom. The number of halogens is 3. The molecule has 1 heterocycles. The summed E-state index contributed by atoms with van der Waals surface area (Å²) in [5, 5.41) is 54.8. The third kappa shape index (κ3) is 6.29. The summed E-state index contributed by atoms with van der Waals surface area (Å²) in [5.74, 6) is 0.473.